The summed E-state index contributed by atoms with van der Waals surface area (Å²) in [4.78, 5) is 0.229. The van der Waals surface area contributed by atoms with Gasteiger partial charge in [0.15, 0.2) is 0 Å². The van der Waals surface area contributed by atoms with Crippen LogP contribution in [0.1, 0.15) is 38.7 Å². The van der Waals surface area contributed by atoms with E-state index < -0.39 is 10.1 Å². The van der Waals surface area contributed by atoms with E-state index >= 15 is 0 Å². The first kappa shape index (κ1) is 16.2. The third kappa shape index (κ3) is 3.95. The normalized spacial score (nSPS) is 26.5. The Hall–Kier alpha value is -1.13. The molecule has 21 heavy (non-hydrogen) atoms. The zero-order valence-corrected chi connectivity index (χ0v) is 13.8. The molecule has 1 aromatic carbocycles. The fourth-order valence-corrected chi connectivity index (χ4v) is 4.04. The Morgan fingerprint density at radius 1 is 1.24 bits per heavy atom. The van der Waals surface area contributed by atoms with E-state index in [-0.39, 0.29) is 16.9 Å². The predicted octanol–water partition coefficient (Wildman–Crippen LogP) is 4.08. The molecule has 1 aromatic rings. The second-order valence-electron chi connectivity index (χ2n) is 6.27. The number of hydrogen-bond acceptors (Lipinski definition) is 3. The molecule has 1 aliphatic rings. The minimum atomic E-state index is -3.71. The van der Waals surface area contributed by atoms with Crippen LogP contribution in [-0.4, -0.2) is 14.5 Å². The van der Waals surface area contributed by atoms with Crippen LogP contribution in [0, 0.1) is 18.8 Å². The van der Waals surface area contributed by atoms with Crippen LogP contribution in [0.5, 0.6) is 0 Å². The summed E-state index contributed by atoms with van der Waals surface area (Å²) >= 11 is 0. The largest absolute Gasteiger partial charge is 0.297 e. The Labute approximate surface area is 128 Å². The first-order chi connectivity index (χ1) is 9.79. The van der Waals surface area contributed by atoms with Gasteiger partial charge in [-0.15, -0.1) is 0 Å². The average molecular weight is 308 g/mol. The molecule has 0 saturated heterocycles. The Kier molecular flexibility index (Phi) is 4.89. The molecule has 0 N–H and O–H groups in total. The summed E-state index contributed by atoms with van der Waals surface area (Å²) in [6.45, 7) is 10.0. The lowest BCUT2D eigenvalue weighted by atomic mass is 9.78. The molecule has 0 spiro atoms. The van der Waals surface area contributed by atoms with Crippen LogP contribution in [0.15, 0.2) is 41.3 Å². The summed E-state index contributed by atoms with van der Waals surface area (Å²) in [5.74, 6) is 0.611. The van der Waals surface area contributed by atoms with Gasteiger partial charge < -0.3 is 0 Å². The number of benzene rings is 1. The minimum Gasteiger partial charge on any atom is -0.262 e. The monoisotopic (exact) mass is 308 g/mol. The van der Waals surface area contributed by atoms with Crippen molar-refractivity contribution < 1.29 is 12.6 Å². The van der Waals surface area contributed by atoms with Crippen LogP contribution in [0.3, 0.4) is 0 Å². The van der Waals surface area contributed by atoms with Crippen LogP contribution in [0.4, 0.5) is 0 Å². The third-order valence-corrected chi connectivity index (χ3v) is 5.60. The number of aryl methyl sites for hydroxylation is 1. The molecule has 0 radical (unpaired) electrons. The Morgan fingerprint density at radius 3 is 2.43 bits per heavy atom. The van der Waals surface area contributed by atoms with Crippen molar-refractivity contribution in [3.63, 3.8) is 0 Å². The molecule has 0 heterocycles. The molecule has 1 unspecified atom stereocenters. The fourth-order valence-electron chi connectivity index (χ4n) is 2.92. The molecule has 1 saturated carbocycles. The van der Waals surface area contributed by atoms with Crippen molar-refractivity contribution >= 4 is 10.1 Å². The molecule has 2 rings (SSSR count). The van der Waals surface area contributed by atoms with Gasteiger partial charge in [-0.25, -0.2) is 0 Å². The van der Waals surface area contributed by atoms with Gasteiger partial charge in [0.1, 0.15) is 0 Å². The van der Waals surface area contributed by atoms with Gasteiger partial charge in [0, 0.05) is 5.92 Å². The van der Waals surface area contributed by atoms with Crippen molar-refractivity contribution in [1.82, 2.24) is 0 Å². The SMILES string of the molecule is C=C(C)[C@@H]1CC[C@@H](C)CC1OS(=O)(=O)c1ccc(C)cc1. The van der Waals surface area contributed by atoms with Gasteiger partial charge in [0.25, 0.3) is 10.1 Å². The highest BCUT2D eigenvalue weighted by atomic mass is 32.2. The zero-order chi connectivity index (χ0) is 15.6. The molecular formula is C17H24O3S. The van der Waals surface area contributed by atoms with E-state index in [4.69, 9.17) is 4.18 Å². The van der Waals surface area contributed by atoms with Crippen molar-refractivity contribution in [3.05, 3.63) is 42.0 Å². The van der Waals surface area contributed by atoms with Gasteiger partial charge in [-0.05, 0) is 51.2 Å². The number of rotatable bonds is 4. The van der Waals surface area contributed by atoms with Crippen molar-refractivity contribution in [2.45, 2.75) is 51.0 Å². The van der Waals surface area contributed by atoms with Gasteiger partial charge >= 0.3 is 0 Å². The third-order valence-electron chi connectivity index (χ3n) is 4.25. The molecule has 3 atom stereocenters. The fraction of sp³-hybridized carbons (Fsp3) is 0.529. The summed E-state index contributed by atoms with van der Waals surface area (Å²) in [7, 11) is -3.71. The van der Waals surface area contributed by atoms with Crippen LogP contribution in [-0.2, 0) is 14.3 Å². The first-order valence-corrected chi connectivity index (χ1v) is 8.86. The highest BCUT2D eigenvalue weighted by Gasteiger charge is 2.33. The Morgan fingerprint density at radius 2 is 1.86 bits per heavy atom. The van der Waals surface area contributed by atoms with E-state index in [1.54, 1.807) is 24.3 Å². The molecule has 0 amide bonds. The van der Waals surface area contributed by atoms with Gasteiger partial charge in [-0.2, -0.15) is 8.42 Å². The molecule has 1 aliphatic carbocycles. The molecule has 1 fully saturated rings. The van der Waals surface area contributed by atoms with Crippen molar-refractivity contribution in [2.75, 3.05) is 0 Å². The maximum Gasteiger partial charge on any atom is 0.297 e. The van der Waals surface area contributed by atoms with Crippen LogP contribution >= 0.6 is 0 Å². The summed E-state index contributed by atoms with van der Waals surface area (Å²) in [5, 5.41) is 0. The molecule has 116 valence electrons. The second kappa shape index (κ2) is 6.32. The summed E-state index contributed by atoms with van der Waals surface area (Å²) < 4.78 is 30.4. The predicted molar refractivity (Wildman–Crippen MR) is 84.6 cm³/mol. The molecule has 0 aliphatic heterocycles. The van der Waals surface area contributed by atoms with Crippen LogP contribution in [0.25, 0.3) is 0 Å². The van der Waals surface area contributed by atoms with E-state index in [2.05, 4.69) is 13.5 Å². The molecule has 4 heteroatoms. The maximum absolute atomic E-state index is 12.4. The minimum absolute atomic E-state index is 0.126. The molecule has 0 aromatic heterocycles. The van der Waals surface area contributed by atoms with E-state index in [0.29, 0.717) is 5.92 Å². The lowest BCUT2D eigenvalue weighted by Crippen LogP contribution is -2.33. The topological polar surface area (TPSA) is 43.4 Å². The van der Waals surface area contributed by atoms with Crippen molar-refractivity contribution in [3.8, 4) is 0 Å². The smallest absolute Gasteiger partial charge is 0.262 e. The van der Waals surface area contributed by atoms with Crippen molar-refractivity contribution in [1.29, 1.82) is 0 Å². The average Bonchev–Trinajstić information content (AvgIpc) is 2.38. The van der Waals surface area contributed by atoms with Gasteiger partial charge in [-0.1, -0.05) is 36.8 Å². The van der Waals surface area contributed by atoms with Gasteiger partial charge in [0.05, 0.1) is 11.0 Å². The van der Waals surface area contributed by atoms with E-state index in [0.717, 1.165) is 30.4 Å². The van der Waals surface area contributed by atoms with Crippen LogP contribution in [0.2, 0.25) is 0 Å². The van der Waals surface area contributed by atoms with E-state index in [1.807, 2.05) is 13.8 Å². The van der Waals surface area contributed by atoms with Crippen LogP contribution < -0.4 is 0 Å². The Balaban J connectivity index is 2.21. The second-order valence-corrected chi connectivity index (χ2v) is 7.85. The molecule has 3 nitrogen and oxygen atoms in total. The first-order valence-electron chi connectivity index (χ1n) is 7.45. The summed E-state index contributed by atoms with van der Waals surface area (Å²) in [6, 6.07) is 6.78. The van der Waals surface area contributed by atoms with Crippen molar-refractivity contribution in [2.24, 2.45) is 11.8 Å². The Bertz CT molecular complexity index is 601. The van der Waals surface area contributed by atoms with Gasteiger partial charge in [0.2, 0.25) is 0 Å². The quantitative estimate of drug-likeness (QED) is 0.622. The zero-order valence-electron chi connectivity index (χ0n) is 13.0. The molecular weight excluding hydrogens is 284 g/mol. The summed E-state index contributed by atoms with van der Waals surface area (Å²) in [6.07, 6.45) is 2.52. The molecule has 0 bridgehead atoms. The number of hydrogen-bond donors (Lipinski definition) is 0. The van der Waals surface area contributed by atoms with E-state index in [1.165, 1.54) is 0 Å². The van der Waals surface area contributed by atoms with E-state index in [9.17, 15) is 8.42 Å². The lowest BCUT2D eigenvalue weighted by Gasteiger charge is -2.34. The van der Waals surface area contributed by atoms with Gasteiger partial charge in [-0.3, -0.25) is 4.18 Å². The summed E-state index contributed by atoms with van der Waals surface area (Å²) in [5.41, 5.74) is 2.03. The standard InChI is InChI=1S/C17H24O3S/c1-12(2)16-10-7-14(4)11-17(16)20-21(18,19)15-8-5-13(3)6-9-15/h5-6,8-9,14,16-17H,1,7,10-11H2,2-4H3/t14-,16+,17?/m1/s1. The lowest BCUT2D eigenvalue weighted by molar-refractivity contribution is 0.0934. The maximum atomic E-state index is 12.4. The highest BCUT2D eigenvalue weighted by molar-refractivity contribution is 7.86. The highest BCUT2D eigenvalue weighted by Crippen LogP contribution is 2.36.